The third-order valence-corrected chi connectivity index (χ3v) is 3.40. The van der Waals surface area contributed by atoms with Crippen LogP contribution in [0.5, 0.6) is 11.5 Å². The second-order valence-electron chi connectivity index (χ2n) is 5.27. The van der Waals surface area contributed by atoms with E-state index in [1.807, 2.05) is 0 Å². The summed E-state index contributed by atoms with van der Waals surface area (Å²) in [6.45, 7) is 0. The van der Waals surface area contributed by atoms with Gasteiger partial charge in [-0.05, 0) is 60.7 Å². The number of carboxylic acid groups (broad SMARTS) is 1. The van der Waals surface area contributed by atoms with Crippen molar-refractivity contribution in [1.82, 2.24) is 4.98 Å². The van der Waals surface area contributed by atoms with E-state index in [-0.39, 0.29) is 11.5 Å². The minimum Gasteiger partial charge on any atom is -0.477 e. The molecule has 6 nitrogen and oxygen atoms in total. The van der Waals surface area contributed by atoms with Gasteiger partial charge >= 0.3 is 5.97 Å². The van der Waals surface area contributed by atoms with E-state index in [1.165, 1.54) is 42.6 Å². The van der Waals surface area contributed by atoms with Crippen LogP contribution in [-0.2, 0) is 0 Å². The fourth-order valence-corrected chi connectivity index (χ4v) is 2.14. The Hall–Kier alpha value is -3.74. The van der Waals surface area contributed by atoms with Crippen molar-refractivity contribution in [2.75, 3.05) is 5.32 Å². The predicted molar refractivity (Wildman–Crippen MR) is 92.1 cm³/mol. The summed E-state index contributed by atoms with van der Waals surface area (Å²) in [6.07, 6.45) is 1.30. The lowest BCUT2D eigenvalue weighted by Crippen LogP contribution is -2.12. The van der Waals surface area contributed by atoms with Crippen LogP contribution < -0.4 is 10.1 Å². The molecule has 26 heavy (non-hydrogen) atoms. The van der Waals surface area contributed by atoms with E-state index in [2.05, 4.69) is 10.3 Å². The molecule has 0 aliphatic heterocycles. The molecule has 130 valence electrons. The molecule has 0 unspecified atom stereocenters. The Balaban J connectivity index is 1.68. The largest absolute Gasteiger partial charge is 0.477 e. The van der Waals surface area contributed by atoms with Crippen LogP contribution in [-0.4, -0.2) is 22.0 Å². The van der Waals surface area contributed by atoms with E-state index in [4.69, 9.17) is 9.84 Å². The van der Waals surface area contributed by atoms with Gasteiger partial charge in [0.05, 0.1) is 0 Å². The summed E-state index contributed by atoms with van der Waals surface area (Å²) < 4.78 is 18.4. The number of hydrogen-bond acceptors (Lipinski definition) is 4. The van der Waals surface area contributed by atoms with Crippen LogP contribution in [0.1, 0.15) is 20.8 Å². The van der Waals surface area contributed by atoms with Crippen LogP contribution in [0, 0.1) is 5.82 Å². The maximum Gasteiger partial charge on any atom is 0.354 e. The summed E-state index contributed by atoms with van der Waals surface area (Å²) >= 11 is 0. The van der Waals surface area contributed by atoms with E-state index in [0.29, 0.717) is 22.7 Å². The monoisotopic (exact) mass is 352 g/mol. The van der Waals surface area contributed by atoms with Gasteiger partial charge in [0.1, 0.15) is 23.0 Å². The molecule has 7 heteroatoms. The lowest BCUT2D eigenvalue weighted by atomic mass is 10.2. The van der Waals surface area contributed by atoms with Crippen LogP contribution in [0.2, 0.25) is 0 Å². The maximum absolute atomic E-state index is 12.9. The second-order valence-corrected chi connectivity index (χ2v) is 5.27. The highest BCUT2D eigenvalue weighted by Crippen LogP contribution is 2.22. The molecule has 0 saturated heterocycles. The fraction of sp³-hybridized carbons (Fsp3) is 0. The maximum atomic E-state index is 12.9. The standard InChI is InChI=1S/C19H13FN2O4/c20-13-3-7-16(8-4-13)26-15-5-1-12(2-6-15)18(23)22-14-9-10-21-17(11-14)19(24)25/h1-11H,(H,24,25)(H,21,22,23). The Bertz CT molecular complexity index is 941. The van der Waals surface area contributed by atoms with Crippen molar-refractivity contribution in [2.24, 2.45) is 0 Å². The average molecular weight is 352 g/mol. The Morgan fingerprint density at radius 2 is 1.58 bits per heavy atom. The highest BCUT2D eigenvalue weighted by molar-refractivity contribution is 6.04. The van der Waals surface area contributed by atoms with Gasteiger partial charge in [-0.2, -0.15) is 0 Å². The Labute approximate surface area is 147 Å². The number of nitrogens with one attached hydrogen (secondary N) is 1. The third kappa shape index (κ3) is 4.21. The van der Waals surface area contributed by atoms with Gasteiger partial charge in [-0.3, -0.25) is 4.79 Å². The van der Waals surface area contributed by atoms with Crippen LogP contribution in [0.3, 0.4) is 0 Å². The highest BCUT2D eigenvalue weighted by Gasteiger charge is 2.09. The molecule has 0 spiro atoms. The van der Waals surface area contributed by atoms with Crippen LogP contribution in [0.4, 0.5) is 10.1 Å². The lowest BCUT2D eigenvalue weighted by Gasteiger charge is -2.08. The van der Waals surface area contributed by atoms with Crippen LogP contribution >= 0.6 is 0 Å². The van der Waals surface area contributed by atoms with E-state index < -0.39 is 11.9 Å². The average Bonchev–Trinajstić information content (AvgIpc) is 2.64. The molecule has 0 fully saturated rings. The molecule has 0 aliphatic carbocycles. The van der Waals surface area contributed by atoms with E-state index in [1.54, 1.807) is 24.3 Å². The number of halogens is 1. The fourth-order valence-electron chi connectivity index (χ4n) is 2.14. The summed E-state index contributed by atoms with van der Waals surface area (Å²) in [6, 6.07) is 14.7. The Morgan fingerprint density at radius 1 is 0.962 bits per heavy atom. The molecule has 1 heterocycles. The van der Waals surface area contributed by atoms with Crippen molar-refractivity contribution in [3.05, 3.63) is 83.9 Å². The molecule has 0 bridgehead atoms. The zero-order valence-corrected chi connectivity index (χ0v) is 13.3. The van der Waals surface area contributed by atoms with Crippen molar-refractivity contribution in [1.29, 1.82) is 0 Å². The zero-order chi connectivity index (χ0) is 18.5. The SMILES string of the molecule is O=C(Nc1ccnc(C(=O)O)c1)c1ccc(Oc2ccc(F)cc2)cc1. The zero-order valence-electron chi connectivity index (χ0n) is 13.3. The van der Waals surface area contributed by atoms with Gasteiger partial charge < -0.3 is 15.2 Å². The van der Waals surface area contributed by atoms with Gasteiger partial charge in [0.15, 0.2) is 0 Å². The molecular formula is C19H13FN2O4. The molecule has 1 amide bonds. The first-order valence-corrected chi connectivity index (χ1v) is 7.55. The van der Waals surface area contributed by atoms with E-state index >= 15 is 0 Å². The minimum atomic E-state index is -1.18. The van der Waals surface area contributed by atoms with Gasteiger partial charge in [0, 0.05) is 17.4 Å². The summed E-state index contributed by atoms with van der Waals surface area (Å²) in [7, 11) is 0. The molecule has 3 rings (SSSR count). The number of aromatic carboxylic acids is 1. The number of ether oxygens (including phenoxy) is 1. The molecular weight excluding hydrogens is 339 g/mol. The lowest BCUT2D eigenvalue weighted by molar-refractivity contribution is 0.0690. The van der Waals surface area contributed by atoms with Crippen molar-refractivity contribution in [3.63, 3.8) is 0 Å². The number of amides is 1. The number of carbonyl (C=O) groups excluding carboxylic acids is 1. The first-order valence-electron chi connectivity index (χ1n) is 7.55. The number of nitrogens with zero attached hydrogens (tertiary/aromatic N) is 1. The van der Waals surface area contributed by atoms with Gasteiger partial charge in [-0.1, -0.05) is 0 Å². The quantitative estimate of drug-likeness (QED) is 0.725. The van der Waals surface area contributed by atoms with Crippen molar-refractivity contribution < 1.29 is 23.8 Å². The minimum absolute atomic E-state index is 0.161. The van der Waals surface area contributed by atoms with Crippen molar-refractivity contribution in [3.8, 4) is 11.5 Å². The molecule has 2 aromatic carbocycles. The number of pyridine rings is 1. The Morgan fingerprint density at radius 3 is 2.19 bits per heavy atom. The van der Waals surface area contributed by atoms with Crippen molar-refractivity contribution >= 4 is 17.6 Å². The molecule has 2 N–H and O–H groups in total. The predicted octanol–water partition coefficient (Wildman–Crippen LogP) is 3.96. The first kappa shape index (κ1) is 17.1. The van der Waals surface area contributed by atoms with E-state index in [0.717, 1.165) is 0 Å². The molecule has 1 aromatic heterocycles. The number of aromatic nitrogens is 1. The number of carboxylic acids is 1. The summed E-state index contributed by atoms with van der Waals surface area (Å²) in [5.41, 5.74) is 0.532. The molecule has 0 atom stereocenters. The van der Waals surface area contributed by atoms with E-state index in [9.17, 15) is 14.0 Å². The summed E-state index contributed by atoms with van der Waals surface area (Å²) in [4.78, 5) is 26.8. The van der Waals surface area contributed by atoms with Crippen LogP contribution in [0.25, 0.3) is 0 Å². The number of anilines is 1. The second kappa shape index (κ2) is 7.43. The molecule has 0 radical (unpaired) electrons. The van der Waals surface area contributed by atoms with Gasteiger partial charge in [-0.25, -0.2) is 14.2 Å². The Kier molecular flexibility index (Phi) is 4.89. The number of rotatable bonds is 5. The summed E-state index contributed by atoms with van der Waals surface area (Å²) in [5.74, 6) is -0.970. The van der Waals surface area contributed by atoms with Crippen molar-refractivity contribution in [2.45, 2.75) is 0 Å². The number of carbonyl (C=O) groups is 2. The highest BCUT2D eigenvalue weighted by atomic mass is 19.1. The summed E-state index contributed by atoms with van der Waals surface area (Å²) in [5, 5.41) is 11.5. The molecule has 0 aliphatic rings. The number of hydrogen-bond donors (Lipinski definition) is 2. The third-order valence-electron chi connectivity index (χ3n) is 3.40. The molecule has 0 saturated carbocycles. The topological polar surface area (TPSA) is 88.5 Å². The normalized spacial score (nSPS) is 10.2. The molecule has 3 aromatic rings. The van der Waals surface area contributed by atoms with Gasteiger partial charge in [0.2, 0.25) is 0 Å². The number of benzene rings is 2. The smallest absolute Gasteiger partial charge is 0.354 e. The van der Waals surface area contributed by atoms with Crippen LogP contribution in [0.15, 0.2) is 66.9 Å². The van der Waals surface area contributed by atoms with Gasteiger partial charge in [-0.15, -0.1) is 0 Å². The van der Waals surface area contributed by atoms with Gasteiger partial charge in [0.25, 0.3) is 5.91 Å². The first-order chi connectivity index (χ1) is 12.5.